The molecule has 0 saturated carbocycles. The third-order valence-corrected chi connectivity index (χ3v) is 4.06. The Morgan fingerprint density at radius 3 is 2.62 bits per heavy atom. The van der Waals surface area contributed by atoms with Crippen molar-refractivity contribution in [1.29, 1.82) is 5.26 Å². The number of hydrogen-bond donors (Lipinski definition) is 1. The maximum absolute atomic E-state index is 9.23. The second kappa shape index (κ2) is 5.95. The van der Waals surface area contributed by atoms with E-state index < -0.39 is 0 Å². The molecule has 1 N–H and O–H groups in total. The standard InChI is InChI=1S/C14H8ClN5S/c15-11-3-5-12(6-4-11)21-13-7-9(1-2-10(13)8-16)14-17-19-20-18-14/h1-7H,(H,17,18,19,20). The van der Waals surface area contributed by atoms with E-state index in [2.05, 4.69) is 26.7 Å². The molecule has 5 nitrogen and oxygen atoms in total. The molecule has 2 aromatic carbocycles. The number of aromatic nitrogens is 4. The largest absolute Gasteiger partial charge is 0.204 e. The molecule has 0 aliphatic heterocycles. The molecule has 0 radical (unpaired) electrons. The Kier molecular flexibility index (Phi) is 3.86. The Balaban J connectivity index is 1.98. The SMILES string of the molecule is N#Cc1ccc(-c2nn[nH]n2)cc1Sc1ccc(Cl)cc1. The van der Waals surface area contributed by atoms with Crippen molar-refractivity contribution >= 4 is 23.4 Å². The zero-order valence-electron chi connectivity index (χ0n) is 10.6. The number of nitriles is 1. The van der Waals surface area contributed by atoms with Crippen LogP contribution in [0.2, 0.25) is 5.02 Å². The van der Waals surface area contributed by atoms with Gasteiger partial charge in [-0.05, 0) is 47.7 Å². The molecule has 0 aliphatic rings. The zero-order chi connectivity index (χ0) is 14.7. The van der Waals surface area contributed by atoms with Crippen molar-refractivity contribution in [3.63, 3.8) is 0 Å². The van der Waals surface area contributed by atoms with Crippen molar-refractivity contribution in [3.05, 3.63) is 53.1 Å². The predicted octanol–water partition coefficient (Wildman–Crippen LogP) is 3.54. The number of hydrogen-bond acceptors (Lipinski definition) is 5. The number of nitrogens with one attached hydrogen (secondary N) is 1. The van der Waals surface area contributed by atoms with Crippen LogP contribution < -0.4 is 0 Å². The molecule has 1 heterocycles. The maximum Gasteiger partial charge on any atom is 0.204 e. The highest BCUT2D eigenvalue weighted by atomic mass is 35.5. The first-order valence-electron chi connectivity index (χ1n) is 5.97. The highest BCUT2D eigenvalue weighted by Crippen LogP contribution is 2.33. The smallest absolute Gasteiger partial charge is 0.192 e. The van der Waals surface area contributed by atoms with Crippen LogP contribution in [0.1, 0.15) is 5.56 Å². The third kappa shape index (κ3) is 3.05. The van der Waals surface area contributed by atoms with Crippen LogP contribution in [0.3, 0.4) is 0 Å². The molecule has 3 aromatic rings. The van der Waals surface area contributed by atoms with Gasteiger partial charge < -0.3 is 0 Å². The molecule has 0 saturated heterocycles. The Labute approximate surface area is 130 Å². The number of H-pyrrole nitrogens is 1. The molecular weight excluding hydrogens is 306 g/mol. The Morgan fingerprint density at radius 2 is 1.95 bits per heavy atom. The highest BCUT2D eigenvalue weighted by molar-refractivity contribution is 7.99. The van der Waals surface area contributed by atoms with Gasteiger partial charge in [-0.1, -0.05) is 23.4 Å². The third-order valence-electron chi connectivity index (χ3n) is 2.75. The van der Waals surface area contributed by atoms with Gasteiger partial charge in [0, 0.05) is 20.4 Å². The number of nitrogens with zero attached hydrogens (tertiary/aromatic N) is 4. The summed E-state index contributed by atoms with van der Waals surface area (Å²) in [5, 5.41) is 23.8. The first-order chi connectivity index (χ1) is 10.3. The lowest BCUT2D eigenvalue weighted by Gasteiger charge is -2.05. The summed E-state index contributed by atoms with van der Waals surface area (Å²) in [5.74, 6) is 0.498. The van der Waals surface area contributed by atoms with Gasteiger partial charge >= 0.3 is 0 Å². The number of tetrazole rings is 1. The van der Waals surface area contributed by atoms with Gasteiger partial charge in [-0.2, -0.15) is 10.5 Å². The van der Waals surface area contributed by atoms with Crippen LogP contribution in [0.5, 0.6) is 0 Å². The lowest BCUT2D eigenvalue weighted by atomic mass is 10.1. The minimum atomic E-state index is 0.498. The molecule has 0 atom stereocenters. The van der Waals surface area contributed by atoms with Gasteiger partial charge in [0.2, 0.25) is 5.82 Å². The van der Waals surface area contributed by atoms with E-state index in [9.17, 15) is 5.26 Å². The average Bonchev–Trinajstić information content (AvgIpc) is 3.04. The molecule has 7 heteroatoms. The molecule has 102 valence electrons. The lowest BCUT2D eigenvalue weighted by Crippen LogP contribution is -1.86. The molecule has 1 aromatic heterocycles. The highest BCUT2D eigenvalue weighted by Gasteiger charge is 2.09. The summed E-state index contributed by atoms with van der Waals surface area (Å²) >= 11 is 7.37. The van der Waals surface area contributed by atoms with Crippen molar-refractivity contribution in [1.82, 2.24) is 20.6 Å². The van der Waals surface area contributed by atoms with Gasteiger partial charge in [0.1, 0.15) is 6.07 Å². The van der Waals surface area contributed by atoms with Crippen LogP contribution in [0.15, 0.2) is 52.3 Å². The molecule has 0 fully saturated rings. The van der Waals surface area contributed by atoms with Gasteiger partial charge in [0.15, 0.2) is 0 Å². The van der Waals surface area contributed by atoms with E-state index in [0.29, 0.717) is 16.4 Å². The van der Waals surface area contributed by atoms with Gasteiger partial charge in [-0.25, -0.2) is 0 Å². The minimum Gasteiger partial charge on any atom is -0.192 e. The fraction of sp³-hybridized carbons (Fsp3) is 0. The van der Waals surface area contributed by atoms with Crippen LogP contribution in [0.25, 0.3) is 11.4 Å². The van der Waals surface area contributed by atoms with Gasteiger partial charge in [0.05, 0.1) is 5.56 Å². The van der Waals surface area contributed by atoms with E-state index in [1.54, 1.807) is 12.1 Å². The van der Waals surface area contributed by atoms with E-state index in [1.165, 1.54) is 11.8 Å². The zero-order valence-corrected chi connectivity index (χ0v) is 12.2. The first kappa shape index (κ1) is 13.6. The number of benzene rings is 2. The van der Waals surface area contributed by atoms with Crippen LogP contribution in [-0.4, -0.2) is 20.6 Å². The fourth-order valence-electron chi connectivity index (χ4n) is 1.75. The quantitative estimate of drug-likeness (QED) is 0.800. The summed E-state index contributed by atoms with van der Waals surface area (Å²) < 4.78 is 0. The summed E-state index contributed by atoms with van der Waals surface area (Å²) in [7, 11) is 0. The summed E-state index contributed by atoms with van der Waals surface area (Å²) in [6.07, 6.45) is 0. The molecule has 0 aliphatic carbocycles. The number of aromatic amines is 1. The molecular formula is C14H8ClN5S. The van der Waals surface area contributed by atoms with Crippen LogP contribution >= 0.6 is 23.4 Å². The summed E-state index contributed by atoms with van der Waals surface area (Å²) in [6.45, 7) is 0. The summed E-state index contributed by atoms with van der Waals surface area (Å²) in [6, 6.07) is 15.1. The Hall–Kier alpha value is -2.36. The second-order valence-electron chi connectivity index (χ2n) is 4.11. The topological polar surface area (TPSA) is 78.2 Å². The monoisotopic (exact) mass is 313 g/mol. The van der Waals surface area contributed by atoms with Crippen molar-refractivity contribution in [3.8, 4) is 17.5 Å². The molecule has 0 bridgehead atoms. The van der Waals surface area contributed by atoms with Crippen molar-refractivity contribution in [2.24, 2.45) is 0 Å². The van der Waals surface area contributed by atoms with E-state index in [4.69, 9.17) is 11.6 Å². The molecule has 3 rings (SSSR count). The Bertz CT molecular complexity index is 793. The molecule has 0 amide bonds. The van der Waals surface area contributed by atoms with E-state index >= 15 is 0 Å². The molecule has 21 heavy (non-hydrogen) atoms. The lowest BCUT2D eigenvalue weighted by molar-refractivity contribution is 0.881. The van der Waals surface area contributed by atoms with Crippen LogP contribution in [-0.2, 0) is 0 Å². The van der Waals surface area contributed by atoms with Gasteiger partial charge in [0.25, 0.3) is 0 Å². The predicted molar refractivity (Wildman–Crippen MR) is 79.9 cm³/mol. The summed E-state index contributed by atoms with van der Waals surface area (Å²) in [4.78, 5) is 1.84. The van der Waals surface area contributed by atoms with Crippen molar-refractivity contribution in [2.45, 2.75) is 9.79 Å². The number of rotatable bonds is 3. The van der Waals surface area contributed by atoms with E-state index in [0.717, 1.165) is 15.4 Å². The second-order valence-corrected chi connectivity index (χ2v) is 5.67. The van der Waals surface area contributed by atoms with Crippen molar-refractivity contribution < 1.29 is 0 Å². The van der Waals surface area contributed by atoms with E-state index in [1.807, 2.05) is 30.3 Å². The minimum absolute atomic E-state index is 0.498. The van der Waals surface area contributed by atoms with Gasteiger partial charge in [-0.15, -0.1) is 10.2 Å². The first-order valence-corrected chi connectivity index (χ1v) is 7.17. The van der Waals surface area contributed by atoms with Crippen molar-refractivity contribution in [2.75, 3.05) is 0 Å². The summed E-state index contributed by atoms with van der Waals surface area (Å²) in [5.41, 5.74) is 1.40. The van der Waals surface area contributed by atoms with Crippen LogP contribution in [0.4, 0.5) is 0 Å². The van der Waals surface area contributed by atoms with Crippen LogP contribution in [0, 0.1) is 11.3 Å². The average molecular weight is 314 g/mol. The normalized spacial score (nSPS) is 10.3. The van der Waals surface area contributed by atoms with Gasteiger partial charge in [-0.3, -0.25) is 0 Å². The molecule has 0 spiro atoms. The fourth-order valence-corrected chi connectivity index (χ4v) is 2.81. The number of halogens is 1. The molecule has 0 unspecified atom stereocenters. The Morgan fingerprint density at radius 1 is 1.14 bits per heavy atom. The maximum atomic E-state index is 9.23. The van der Waals surface area contributed by atoms with E-state index in [-0.39, 0.29) is 0 Å².